The van der Waals surface area contributed by atoms with Crippen molar-refractivity contribution in [2.24, 2.45) is 17.6 Å². The van der Waals surface area contributed by atoms with Crippen molar-refractivity contribution < 1.29 is 44.8 Å². The third kappa shape index (κ3) is 2.48. The molecule has 32 heavy (non-hydrogen) atoms. The molecule has 170 valence electrons. The highest BCUT2D eigenvalue weighted by Crippen LogP contribution is 2.55. The fourth-order valence-electron chi connectivity index (χ4n) is 5.67. The molecular formula is C22H25N2O8+. The van der Waals surface area contributed by atoms with Crippen LogP contribution in [-0.2, 0) is 14.4 Å². The third-order valence-corrected chi connectivity index (χ3v) is 7.09. The Morgan fingerprint density at radius 3 is 2.34 bits per heavy atom. The van der Waals surface area contributed by atoms with E-state index in [1.807, 2.05) is 0 Å². The van der Waals surface area contributed by atoms with Crippen LogP contribution in [0.5, 0.6) is 5.75 Å². The van der Waals surface area contributed by atoms with Gasteiger partial charge in [-0.1, -0.05) is 19.1 Å². The number of aliphatic hydroxyl groups is 4. The second-order valence-electron chi connectivity index (χ2n) is 8.94. The summed E-state index contributed by atoms with van der Waals surface area (Å²) in [6.07, 6.45) is -1.57. The summed E-state index contributed by atoms with van der Waals surface area (Å²) in [5, 5.41) is 54.9. The van der Waals surface area contributed by atoms with Gasteiger partial charge in [0.25, 0.3) is 5.91 Å². The maximum atomic E-state index is 13.7. The van der Waals surface area contributed by atoms with Crippen molar-refractivity contribution in [3.05, 3.63) is 46.2 Å². The molecule has 1 aromatic rings. The van der Waals surface area contributed by atoms with Gasteiger partial charge in [-0.2, -0.15) is 0 Å². The van der Waals surface area contributed by atoms with Gasteiger partial charge in [-0.3, -0.25) is 14.4 Å². The minimum atomic E-state index is -2.87. The highest BCUT2D eigenvalue weighted by Gasteiger charge is 2.69. The molecule has 3 aliphatic carbocycles. The number of quaternary nitrogens is 1. The Morgan fingerprint density at radius 2 is 1.78 bits per heavy atom. The molecule has 1 saturated carbocycles. The Balaban J connectivity index is 2.07. The highest BCUT2D eigenvalue weighted by molar-refractivity contribution is 6.24. The average molecular weight is 445 g/mol. The van der Waals surface area contributed by atoms with E-state index in [0.717, 1.165) is 0 Å². The fraction of sp³-hybridized carbons (Fsp3) is 0.409. The first kappa shape index (κ1) is 22.0. The Kier molecular flexibility index (Phi) is 4.74. The predicted molar refractivity (Wildman–Crippen MR) is 109 cm³/mol. The molecule has 6 unspecified atom stereocenters. The van der Waals surface area contributed by atoms with Crippen LogP contribution in [0.15, 0.2) is 35.1 Å². The quantitative estimate of drug-likeness (QED) is 0.257. The first-order valence-corrected chi connectivity index (χ1v) is 10.2. The zero-order chi connectivity index (χ0) is 23.9. The van der Waals surface area contributed by atoms with Crippen LogP contribution in [-0.4, -0.2) is 74.8 Å². The number of rotatable bonds is 2. The molecule has 8 N–H and O–H groups in total. The molecule has 0 bridgehead atoms. The van der Waals surface area contributed by atoms with E-state index in [1.165, 1.54) is 6.07 Å². The van der Waals surface area contributed by atoms with Crippen LogP contribution < -0.4 is 10.6 Å². The summed E-state index contributed by atoms with van der Waals surface area (Å²) < 4.78 is 0. The Morgan fingerprint density at radius 1 is 1.16 bits per heavy atom. The van der Waals surface area contributed by atoms with E-state index in [1.54, 1.807) is 33.2 Å². The smallest absolute Gasteiger partial charge is 0.256 e. The van der Waals surface area contributed by atoms with Gasteiger partial charge < -0.3 is 36.2 Å². The lowest BCUT2D eigenvalue weighted by Gasteiger charge is -2.52. The van der Waals surface area contributed by atoms with Crippen LogP contribution >= 0.6 is 0 Å². The number of hydrogen-bond acceptors (Lipinski definition) is 8. The predicted octanol–water partition coefficient (Wildman–Crippen LogP) is -1.92. The number of hydrogen-bond donors (Lipinski definition) is 7. The molecule has 1 amide bonds. The van der Waals surface area contributed by atoms with E-state index in [2.05, 4.69) is 0 Å². The standard InChI is InChI=1S/C22H24N2O8/c1-7-8-5-4-6-9(25)11(8)16(26)12-10(7)17(27)14-15(24(2)3)18(28)13(21(23)31)20(30)22(14,32)19(12)29/h4-7,10,14-15,17,25-27,30,32H,1-3H3,(H2,23,31)/p+1. The van der Waals surface area contributed by atoms with Crippen molar-refractivity contribution in [1.29, 1.82) is 0 Å². The van der Waals surface area contributed by atoms with E-state index in [4.69, 9.17) is 5.73 Å². The van der Waals surface area contributed by atoms with Crippen molar-refractivity contribution in [1.82, 2.24) is 0 Å². The van der Waals surface area contributed by atoms with Gasteiger partial charge in [0.05, 0.1) is 31.7 Å². The number of benzene rings is 1. The van der Waals surface area contributed by atoms with Crippen LogP contribution in [0.3, 0.4) is 0 Å². The van der Waals surface area contributed by atoms with Crippen LogP contribution in [0.25, 0.3) is 5.76 Å². The van der Waals surface area contributed by atoms with Crippen LogP contribution in [0.1, 0.15) is 24.0 Å². The normalized spacial score (nSPS) is 34.4. The second kappa shape index (κ2) is 6.89. The summed E-state index contributed by atoms with van der Waals surface area (Å²) >= 11 is 0. The number of carbonyl (C=O) groups is 3. The average Bonchev–Trinajstić information content (AvgIpc) is 2.70. The minimum Gasteiger partial charge on any atom is -0.508 e. The summed E-state index contributed by atoms with van der Waals surface area (Å²) in [6.45, 7) is 1.68. The number of aliphatic hydroxyl groups excluding tert-OH is 3. The summed E-state index contributed by atoms with van der Waals surface area (Å²) in [6, 6.07) is 3.23. The molecule has 0 spiro atoms. The zero-order valence-electron chi connectivity index (χ0n) is 17.7. The molecule has 0 aromatic heterocycles. The number of Topliss-reactive ketones (excluding diaryl/α,β-unsaturated/α-hetero) is 2. The van der Waals surface area contributed by atoms with Gasteiger partial charge in [-0.05, 0) is 17.5 Å². The molecule has 0 heterocycles. The monoisotopic (exact) mass is 445 g/mol. The molecule has 10 heteroatoms. The molecule has 1 aromatic carbocycles. The Bertz CT molecular complexity index is 1140. The Hall–Kier alpha value is -3.21. The number of fused-ring (bicyclic) bond motifs is 3. The molecule has 6 atom stereocenters. The third-order valence-electron chi connectivity index (χ3n) is 7.09. The van der Waals surface area contributed by atoms with Gasteiger partial charge in [0.1, 0.15) is 22.8 Å². The van der Waals surface area contributed by atoms with Crippen molar-refractivity contribution in [3.8, 4) is 5.75 Å². The maximum absolute atomic E-state index is 13.7. The number of amides is 1. The lowest BCUT2D eigenvalue weighted by molar-refractivity contribution is -0.881. The minimum absolute atomic E-state index is 0.0193. The number of nitrogens with one attached hydrogen (secondary N) is 1. The highest BCUT2D eigenvalue weighted by atomic mass is 16.4. The van der Waals surface area contributed by atoms with Crippen molar-refractivity contribution >= 4 is 23.2 Å². The van der Waals surface area contributed by atoms with Gasteiger partial charge in [0.15, 0.2) is 11.6 Å². The number of nitrogens with two attached hydrogens (primary N) is 1. The van der Waals surface area contributed by atoms with Crippen LogP contribution in [0, 0.1) is 11.8 Å². The largest absolute Gasteiger partial charge is 0.508 e. The topological polar surface area (TPSA) is 183 Å². The first-order chi connectivity index (χ1) is 14.9. The molecule has 0 radical (unpaired) electrons. The number of carbonyl (C=O) groups excluding carboxylic acids is 3. The number of aromatic hydroxyl groups is 1. The van der Waals surface area contributed by atoms with Gasteiger partial charge in [0.2, 0.25) is 11.6 Å². The van der Waals surface area contributed by atoms with E-state index >= 15 is 0 Å². The van der Waals surface area contributed by atoms with E-state index < -0.39 is 75.6 Å². The van der Waals surface area contributed by atoms with Crippen molar-refractivity contribution in [3.63, 3.8) is 0 Å². The van der Waals surface area contributed by atoms with E-state index in [0.29, 0.717) is 10.5 Å². The van der Waals surface area contributed by atoms with E-state index in [-0.39, 0.29) is 11.3 Å². The van der Waals surface area contributed by atoms with Crippen LogP contribution in [0.2, 0.25) is 0 Å². The molecule has 0 aliphatic heterocycles. The number of ketones is 2. The second-order valence-corrected chi connectivity index (χ2v) is 8.94. The lowest BCUT2D eigenvalue weighted by Crippen LogP contribution is -3.13. The van der Waals surface area contributed by atoms with Gasteiger partial charge in [-0.25, -0.2) is 0 Å². The molecule has 10 nitrogen and oxygen atoms in total. The fourth-order valence-corrected chi connectivity index (χ4v) is 5.67. The summed E-state index contributed by atoms with van der Waals surface area (Å²) in [4.78, 5) is 39.1. The number of phenols is 1. The summed E-state index contributed by atoms with van der Waals surface area (Å²) in [7, 11) is 3.09. The zero-order valence-corrected chi connectivity index (χ0v) is 17.7. The SMILES string of the molecule is CC1c2cccc(O)c2C(O)=C2C(=O)C3(O)C(O)=C(C(N)=O)C(=O)C([NH+](C)C)C3C(O)C21. The van der Waals surface area contributed by atoms with Crippen molar-refractivity contribution in [2.75, 3.05) is 14.1 Å². The first-order valence-electron chi connectivity index (χ1n) is 10.2. The molecule has 1 fully saturated rings. The summed E-state index contributed by atoms with van der Waals surface area (Å²) in [5.74, 6) is -8.72. The van der Waals surface area contributed by atoms with E-state index in [9.17, 15) is 39.9 Å². The lowest BCUT2D eigenvalue weighted by atomic mass is 9.54. The number of primary amides is 1. The molecular weight excluding hydrogens is 420 g/mol. The van der Waals surface area contributed by atoms with Crippen LogP contribution in [0.4, 0.5) is 0 Å². The Labute approximate surface area is 182 Å². The van der Waals surface area contributed by atoms with Gasteiger partial charge in [-0.15, -0.1) is 0 Å². The number of likely N-dealkylation sites (N-methyl/N-ethyl adjacent to an activating group) is 1. The molecule has 3 aliphatic rings. The number of phenolic OH excluding ortho intramolecular Hbond substituents is 1. The van der Waals surface area contributed by atoms with Crippen molar-refractivity contribution in [2.45, 2.75) is 30.6 Å². The summed E-state index contributed by atoms with van der Waals surface area (Å²) in [5.41, 5.74) is 1.54. The van der Waals surface area contributed by atoms with Gasteiger partial charge >= 0.3 is 0 Å². The molecule has 0 saturated heterocycles. The van der Waals surface area contributed by atoms with Gasteiger partial charge in [0, 0.05) is 11.5 Å². The maximum Gasteiger partial charge on any atom is 0.256 e. The molecule has 4 rings (SSSR count).